The molecule has 3 amide bonds. The fourth-order valence-corrected chi connectivity index (χ4v) is 20.5. The van der Waals surface area contributed by atoms with Crippen molar-refractivity contribution in [1.29, 1.82) is 0 Å². The third-order valence-corrected chi connectivity index (χ3v) is 26.1. The molecule has 3 saturated heterocycles. The van der Waals surface area contributed by atoms with Gasteiger partial charge >= 0.3 is 0 Å². The Balaban J connectivity index is 0.000000181. The van der Waals surface area contributed by atoms with Gasteiger partial charge in [-0.25, -0.2) is 44.1 Å². The number of fused-ring (bicyclic) bond motifs is 18. The predicted molar refractivity (Wildman–Crippen MR) is 456 cm³/mol. The fourth-order valence-electron chi connectivity index (χ4n) is 17.7. The molecule has 12 rings (SSSR count). The lowest BCUT2D eigenvalue weighted by molar-refractivity contribution is 0.0972. The number of sulfonamides is 3. The molecule has 624 valence electrons. The van der Waals surface area contributed by atoms with Gasteiger partial charge in [0.1, 0.15) is 34.9 Å². The third-order valence-electron chi connectivity index (χ3n) is 22.4. The van der Waals surface area contributed by atoms with E-state index in [-0.39, 0.29) is 80.9 Å². The average Bonchev–Trinajstić information content (AvgIpc) is 1.55. The topological polar surface area (TPSA) is 313 Å². The minimum atomic E-state index is -4.19. The Bertz CT molecular complexity index is 4410. The molecule has 3 fully saturated rings. The van der Waals surface area contributed by atoms with Crippen molar-refractivity contribution >= 4 is 82.7 Å². The number of nitrogens with zero attached hydrogens (tertiary/aromatic N) is 9. The van der Waals surface area contributed by atoms with E-state index in [4.69, 9.17) is 15.0 Å². The van der Waals surface area contributed by atoms with Gasteiger partial charge in [0.25, 0.3) is 47.8 Å². The molecule has 6 aromatic heterocycles. The second kappa shape index (κ2) is 32.5. The maximum absolute atomic E-state index is 13.5. The molecule has 6 aliphatic heterocycles. The Morgan fingerprint density at radius 2 is 0.588 bits per heavy atom. The van der Waals surface area contributed by atoms with Gasteiger partial charge in [0, 0.05) is 89.2 Å². The van der Waals surface area contributed by atoms with E-state index >= 15 is 0 Å². The van der Waals surface area contributed by atoms with Gasteiger partial charge in [-0.05, 0) is 224 Å². The smallest absolute Gasteiger partial charge is 0.281 e. The highest BCUT2D eigenvalue weighted by molar-refractivity contribution is 7.90. The number of carbonyl (C=O) groups is 3. The minimum absolute atomic E-state index is 0.147. The number of hydrogen-bond acceptors (Lipinski definition) is 21. The molecule has 6 atom stereocenters. The third kappa shape index (κ3) is 22.2. The molecule has 0 aromatic carbocycles. The SMILES string of the molecule is CC(C)(C)CC1CNc2cccc(n2)S(=O)(=O)NC(=O)c2ccc(C(C)(C)C)nc2N2C[C@@H](C1)CC2(C)C.CC(C)(C)CC1CNc2cccc(n2)S(=O)(=O)NC(=O)c2ccc(C(C)(C)C)nc2N2C[C@@H](C1)CC2(C)C.CC(C)(C)CC1CNc2cccc(n2)S(=O)(=O)NC(=O)c2ccc(C(C)(C)C)nc2N2C[C@@H](C1)CC2(C)C. The van der Waals surface area contributed by atoms with Crippen molar-refractivity contribution in [1.82, 2.24) is 44.1 Å². The van der Waals surface area contributed by atoms with Gasteiger partial charge < -0.3 is 30.7 Å². The summed E-state index contributed by atoms with van der Waals surface area (Å²) in [6.45, 7) is 56.5. The number of carbonyl (C=O) groups excluding carboxylic acids is 3. The van der Waals surface area contributed by atoms with E-state index in [0.29, 0.717) is 90.0 Å². The summed E-state index contributed by atoms with van der Waals surface area (Å²) < 4.78 is 86.1. The number of anilines is 6. The number of rotatable bonds is 3. The Labute approximate surface area is 680 Å². The first-order valence-corrected chi connectivity index (χ1v) is 45.0. The molecular formula is C87H129N15O9S3. The summed E-state index contributed by atoms with van der Waals surface area (Å²) in [4.78, 5) is 75.2. The zero-order chi connectivity index (χ0) is 84.3. The Hall–Kier alpha value is -8.04. The van der Waals surface area contributed by atoms with Gasteiger partial charge in [-0.3, -0.25) is 14.4 Å². The van der Waals surface area contributed by atoms with Gasteiger partial charge in [-0.1, -0.05) is 143 Å². The summed E-state index contributed by atoms with van der Waals surface area (Å²) in [6, 6.07) is 25.0. The normalized spacial score (nSPS) is 23.5. The maximum atomic E-state index is 13.5. The van der Waals surface area contributed by atoms with Crippen molar-refractivity contribution in [3.63, 3.8) is 0 Å². The van der Waals surface area contributed by atoms with E-state index < -0.39 is 47.8 Å². The standard InChI is InChI=1S/3C29H43N5O3S/c3*1-27(2,3)15-19-14-20-16-29(7,8)34(18-20)25-21(12-13-22(31-25)28(4,5)6)26(35)33-38(36,37)24-11-9-10-23(32-24)30-17-19/h3*9-13,19-20H,14-18H2,1-8H3,(H,30,32)(H,33,35)/t3*19?,20-/m000/s1. The van der Waals surface area contributed by atoms with Crippen molar-refractivity contribution in [3.05, 3.63) is 125 Å². The summed E-state index contributed by atoms with van der Waals surface area (Å²) >= 11 is 0. The highest BCUT2D eigenvalue weighted by Gasteiger charge is 2.47. The molecule has 27 heteroatoms. The van der Waals surface area contributed by atoms with E-state index in [1.807, 2.05) is 18.2 Å². The highest BCUT2D eigenvalue weighted by Crippen LogP contribution is 2.47. The molecule has 0 saturated carbocycles. The first-order valence-electron chi connectivity index (χ1n) is 40.6. The van der Waals surface area contributed by atoms with Crippen molar-refractivity contribution in [2.24, 2.45) is 51.8 Å². The summed E-state index contributed by atoms with van der Waals surface area (Å²) in [5.41, 5.74) is 2.34. The van der Waals surface area contributed by atoms with Crippen LogP contribution in [0.5, 0.6) is 0 Å². The predicted octanol–water partition coefficient (Wildman–Crippen LogP) is 16.1. The van der Waals surface area contributed by atoms with E-state index in [1.54, 1.807) is 54.6 Å². The van der Waals surface area contributed by atoms with Crippen LogP contribution in [0, 0.1) is 51.8 Å². The molecular weight excluding hydrogens is 1500 g/mol. The van der Waals surface area contributed by atoms with Crippen molar-refractivity contribution < 1.29 is 39.6 Å². The molecule has 6 aliphatic rings. The fraction of sp³-hybridized carbons (Fsp3) is 0.621. The molecule has 114 heavy (non-hydrogen) atoms. The maximum Gasteiger partial charge on any atom is 0.281 e. The van der Waals surface area contributed by atoms with Crippen LogP contribution in [0.2, 0.25) is 0 Å². The summed E-state index contributed by atoms with van der Waals surface area (Å²) in [5.74, 6) is 3.31. The highest BCUT2D eigenvalue weighted by atomic mass is 32.2. The Kier molecular flexibility index (Phi) is 25.1. The van der Waals surface area contributed by atoms with Crippen LogP contribution in [0.3, 0.4) is 0 Å². The van der Waals surface area contributed by atoms with Gasteiger partial charge in [0.05, 0.1) is 16.7 Å². The summed E-state index contributed by atoms with van der Waals surface area (Å²) in [5, 5.41) is 9.56. The van der Waals surface area contributed by atoms with E-state index in [1.165, 1.54) is 18.2 Å². The summed E-state index contributed by atoms with van der Waals surface area (Å²) in [6.07, 6.45) is 9.01. The Morgan fingerprint density at radius 1 is 0.351 bits per heavy atom. The van der Waals surface area contributed by atoms with Gasteiger partial charge in [0.2, 0.25) is 0 Å². The van der Waals surface area contributed by atoms with Crippen molar-refractivity contribution in [2.75, 3.05) is 69.9 Å². The lowest BCUT2D eigenvalue weighted by atomic mass is 9.79. The van der Waals surface area contributed by atoms with Crippen molar-refractivity contribution in [2.45, 2.75) is 272 Å². The number of amides is 3. The number of aromatic nitrogens is 6. The van der Waals surface area contributed by atoms with Crippen LogP contribution in [0.1, 0.15) is 272 Å². The van der Waals surface area contributed by atoms with Crippen LogP contribution < -0.4 is 44.8 Å². The van der Waals surface area contributed by atoms with Crippen LogP contribution in [-0.2, 0) is 46.3 Å². The van der Waals surface area contributed by atoms with Crippen LogP contribution in [0.25, 0.3) is 0 Å². The number of nitrogens with one attached hydrogen (secondary N) is 6. The zero-order valence-corrected chi connectivity index (χ0v) is 74.6. The first-order chi connectivity index (χ1) is 52.3. The van der Waals surface area contributed by atoms with E-state index in [9.17, 15) is 39.6 Å². The lowest BCUT2D eigenvalue weighted by Crippen LogP contribution is -2.41. The second-order valence-corrected chi connectivity index (χ2v) is 46.4. The monoisotopic (exact) mass is 1620 g/mol. The van der Waals surface area contributed by atoms with E-state index in [0.717, 1.165) is 94.5 Å². The lowest BCUT2D eigenvalue weighted by Gasteiger charge is -2.34. The molecule has 0 aliphatic carbocycles. The Morgan fingerprint density at radius 3 is 0.807 bits per heavy atom. The van der Waals surface area contributed by atoms with Crippen LogP contribution >= 0.6 is 0 Å². The molecule has 0 spiro atoms. The van der Waals surface area contributed by atoms with Crippen LogP contribution in [0.4, 0.5) is 34.9 Å². The van der Waals surface area contributed by atoms with Crippen LogP contribution in [-0.4, -0.2) is 129 Å². The summed E-state index contributed by atoms with van der Waals surface area (Å²) in [7, 11) is -12.6. The molecule has 12 heterocycles. The quantitative estimate of drug-likeness (QED) is 0.0959. The molecule has 24 nitrogen and oxygen atoms in total. The molecule has 6 aromatic rings. The number of pyridine rings is 6. The number of hydrogen-bond donors (Lipinski definition) is 6. The van der Waals surface area contributed by atoms with Gasteiger partial charge in [-0.15, -0.1) is 0 Å². The van der Waals surface area contributed by atoms with Crippen LogP contribution in [0.15, 0.2) is 106 Å². The average molecular weight is 1630 g/mol. The molecule has 3 unspecified atom stereocenters. The molecule has 6 N–H and O–H groups in total. The van der Waals surface area contributed by atoms with Gasteiger partial charge in [-0.2, -0.15) is 25.3 Å². The van der Waals surface area contributed by atoms with E-state index in [2.05, 4.69) is 226 Å². The first kappa shape index (κ1) is 88.3. The minimum Gasteiger partial charge on any atom is -0.370 e. The zero-order valence-electron chi connectivity index (χ0n) is 72.2. The second-order valence-electron chi connectivity index (χ2n) is 41.6. The molecule has 0 radical (unpaired) electrons. The van der Waals surface area contributed by atoms with Crippen molar-refractivity contribution in [3.8, 4) is 0 Å². The van der Waals surface area contributed by atoms with Gasteiger partial charge in [0.15, 0.2) is 15.1 Å². The largest absolute Gasteiger partial charge is 0.370 e. The molecule has 12 bridgehead atoms.